The molecule has 24 heteroatoms. The molecule has 2 atom stereocenters. The maximum Gasteiger partial charge on any atom is 0.416 e. The minimum atomic E-state index is -4.60. The normalized spacial score (nSPS) is 17.2. The lowest BCUT2D eigenvalue weighted by Gasteiger charge is -2.16. The van der Waals surface area contributed by atoms with Gasteiger partial charge in [-0.25, -0.2) is 10.0 Å². The average molecular weight is 1100 g/mol. The van der Waals surface area contributed by atoms with Crippen molar-refractivity contribution in [2.75, 3.05) is 13.1 Å². The Labute approximate surface area is 431 Å². The number of hydrazone groups is 2. The number of sulfonamides is 2. The van der Waals surface area contributed by atoms with Gasteiger partial charge in [0, 0.05) is 21.9 Å². The second-order valence-electron chi connectivity index (χ2n) is 16.4. The van der Waals surface area contributed by atoms with E-state index in [1.54, 1.807) is 48.5 Å². The van der Waals surface area contributed by atoms with Crippen molar-refractivity contribution in [1.29, 1.82) is 0 Å². The first-order valence-corrected chi connectivity index (χ1v) is 25.5. The Morgan fingerprint density at radius 1 is 0.514 bits per heavy atom. The van der Waals surface area contributed by atoms with E-state index in [9.17, 15) is 43.2 Å². The van der Waals surface area contributed by atoms with Crippen LogP contribution in [0, 0.1) is 0 Å². The highest BCUT2D eigenvalue weighted by Crippen LogP contribution is 2.34. The molecule has 384 valence electrons. The third-order valence-electron chi connectivity index (χ3n) is 10.9. The van der Waals surface area contributed by atoms with Crippen molar-refractivity contribution in [1.82, 2.24) is 10.0 Å². The van der Waals surface area contributed by atoms with Crippen LogP contribution in [0.15, 0.2) is 196 Å². The van der Waals surface area contributed by atoms with Crippen LogP contribution < -0.4 is 11.5 Å². The van der Waals surface area contributed by atoms with E-state index in [0.29, 0.717) is 45.7 Å². The molecule has 0 fully saturated rings. The van der Waals surface area contributed by atoms with E-state index < -0.39 is 53.3 Å². The molecule has 0 bridgehead atoms. The van der Waals surface area contributed by atoms with Gasteiger partial charge < -0.3 is 11.5 Å². The van der Waals surface area contributed by atoms with E-state index in [1.807, 2.05) is 60.7 Å². The summed E-state index contributed by atoms with van der Waals surface area (Å²) in [5.74, 6) is -1.13. The highest BCUT2D eigenvalue weighted by Gasteiger charge is 2.36. The zero-order valence-corrected chi connectivity index (χ0v) is 41.9. The molecular weight excluding hydrogens is 1050 g/mol. The van der Waals surface area contributed by atoms with Crippen LogP contribution in [-0.2, 0) is 32.4 Å². The Morgan fingerprint density at radius 2 is 0.824 bits per heavy atom. The fourth-order valence-corrected chi connectivity index (χ4v) is 9.55. The minimum absolute atomic E-state index is 0.0211. The van der Waals surface area contributed by atoms with Gasteiger partial charge in [0.05, 0.1) is 57.1 Å². The maximum absolute atomic E-state index is 13.0. The number of benzene rings is 6. The summed E-state index contributed by atoms with van der Waals surface area (Å²) in [6, 6.07) is 39.1. The van der Waals surface area contributed by atoms with Gasteiger partial charge in [-0.2, -0.15) is 63.4 Å². The van der Waals surface area contributed by atoms with Crippen LogP contribution in [0.2, 0.25) is 10.0 Å². The molecule has 6 aromatic carbocycles. The largest absolute Gasteiger partial charge is 0.416 e. The van der Waals surface area contributed by atoms with Gasteiger partial charge in [-0.15, -0.1) is 8.80 Å². The molecule has 0 saturated carbocycles. The topological polar surface area (TPSA) is 201 Å². The molecule has 2 heterocycles. The van der Waals surface area contributed by atoms with E-state index in [2.05, 4.69) is 29.0 Å². The molecule has 0 aliphatic carbocycles. The quantitative estimate of drug-likeness (QED) is 0.0851. The zero-order valence-electron chi connectivity index (χ0n) is 38.8. The number of hydrogen-bond donors (Lipinski definition) is 2. The van der Waals surface area contributed by atoms with Crippen LogP contribution in [0.4, 0.5) is 26.3 Å². The van der Waals surface area contributed by atoms with Crippen molar-refractivity contribution >= 4 is 78.3 Å². The van der Waals surface area contributed by atoms with Crippen LogP contribution in [0.1, 0.15) is 59.1 Å². The van der Waals surface area contributed by atoms with Crippen LogP contribution in [0.25, 0.3) is 0 Å². The van der Waals surface area contributed by atoms with E-state index in [4.69, 9.17) is 34.7 Å². The van der Waals surface area contributed by atoms with Gasteiger partial charge in [-0.3, -0.25) is 0 Å². The first-order chi connectivity index (χ1) is 34.9. The highest BCUT2D eigenvalue weighted by molar-refractivity contribution is 7.90. The van der Waals surface area contributed by atoms with Gasteiger partial charge in [0.2, 0.25) is 0 Å². The highest BCUT2D eigenvalue weighted by atomic mass is 35.5. The van der Waals surface area contributed by atoms with E-state index >= 15 is 0 Å². The summed E-state index contributed by atoms with van der Waals surface area (Å²) in [5.41, 5.74) is 14.2. The molecule has 2 aliphatic heterocycles. The third kappa shape index (κ3) is 13.6. The molecule has 0 aromatic heterocycles. The number of alkyl halides is 6. The Balaban J connectivity index is 0.000000216. The first kappa shape index (κ1) is 54.4. The molecule has 4 N–H and O–H groups in total. The van der Waals surface area contributed by atoms with Crippen molar-refractivity contribution in [2.45, 2.75) is 47.8 Å². The number of guanidine groups is 2. The number of amidine groups is 2. The number of nitrogens with zero attached hydrogens (tertiary/aromatic N) is 8. The SMILES string of the molecule is CC(N)=NC(=NS(=O)(=O)c1ccc(C(F)(F)F)cc1)N1CC(c2ccccc2)C(c2ccc(Cl)cc2)=N1.CC(N)=NC(=NS(=O)(=O)c1ccc(C(F)(F)F)cc1)N1CC(c2ccccc2)C(c2ccc(Cl)cc2)=N1. The number of halogens is 8. The maximum atomic E-state index is 13.0. The first-order valence-electron chi connectivity index (χ1n) is 21.9. The summed E-state index contributed by atoms with van der Waals surface area (Å²) in [6.45, 7) is 3.30. The van der Waals surface area contributed by atoms with Gasteiger partial charge in [-0.1, -0.05) is 108 Å². The van der Waals surface area contributed by atoms with Crippen molar-refractivity contribution in [3.8, 4) is 0 Å². The second kappa shape index (κ2) is 22.4. The summed E-state index contributed by atoms with van der Waals surface area (Å²) in [6.07, 6.45) is -9.21. The molecule has 8 rings (SSSR count). The fraction of sp³-hybridized carbons (Fsp3) is 0.160. The Bertz CT molecular complexity index is 3160. The number of rotatable bonds is 8. The molecule has 2 unspecified atom stereocenters. The lowest BCUT2D eigenvalue weighted by molar-refractivity contribution is -0.138. The molecule has 6 aromatic rings. The number of hydrogen-bond acceptors (Lipinski definition) is 6. The molecule has 2 aliphatic rings. The Kier molecular flexibility index (Phi) is 16.4. The molecule has 14 nitrogen and oxygen atoms in total. The van der Waals surface area contributed by atoms with Crippen LogP contribution >= 0.6 is 23.2 Å². The summed E-state index contributed by atoms with van der Waals surface area (Å²) in [7, 11) is -8.89. The van der Waals surface area contributed by atoms with E-state index in [1.165, 1.54) is 23.9 Å². The van der Waals surface area contributed by atoms with Crippen LogP contribution in [0.5, 0.6) is 0 Å². The van der Waals surface area contributed by atoms with Gasteiger partial charge in [0.25, 0.3) is 32.0 Å². The number of nitrogens with two attached hydrogens (primary N) is 2. The van der Waals surface area contributed by atoms with E-state index in [-0.39, 0.29) is 48.5 Å². The fourth-order valence-electron chi connectivity index (χ4n) is 7.43. The monoisotopic (exact) mass is 1090 g/mol. The number of aliphatic imine (C=N–C) groups is 2. The molecule has 0 saturated heterocycles. The molecule has 0 spiro atoms. The van der Waals surface area contributed by atoms with E-state index in [0.717, 1.165) is 46.5 Å². The molecule has 0 radical (unpaired) electrons. The summed E-state index contributed by atoms with van der Waals surface area (Å²) in [4.78, 5) is 7.31. The van der Waals surface area contributed by atoms with Crippen LogP contribution in [-0.4, -0.2) is 75.0 Å². The van der Waals surface area contributed by atoms with Crippen LogP contribution in [0.3, 0.4) is 0 Å². The third-order valence-corrected chi connectivity index (χ3v) is 13.9. The van der Waals surface area contributed by atoms with Gasteiger partial charge in [-0.05, 0) is 109 Å². The van der Waals surface area contributed by atoms with Crippen molar-refractivity contribution < 1.29 is 43.2 Å². The predicted octanol–water partition coefficient (Wildman–Crippen LogP) is 10.6. The minimum Gasteiger partial charge on any atom is -0.387 e. The summed E-state index contributed by atoms with van der Waals surface area (Å²) in [5, 5.41) is 13.0. The molecule has 0 amide bonds. The average Bonchev–Trinajstić information content (AvgIpc) is 4.01. The van der Waals surface area contributed by atoms with Gasteiger partial charge >= 0.3 is 12.4 Å². The predicted molar refractivity (Wildman–Crippen MR) is 274 cm³/mol. The zero-order chi connectivity index (χ0) is 53.6. The van der Waals surface area contributed by atoms with Crippen molar-refractivity contribution in [2.24, 2.45) is 40.5 Å². The smallest absolute Gasteiger partial charge is 0.387 e. The Morgan fingerprint density at radius 3 is 1.11 bits per heavy atom. The second-order valence-corrected chi connectivity index (χ2v) is 20.4. The van der Waals surface area contributed by atoms with Gasteiger partial charge in [0.15, 0.2) is 0 Å². The molecule has 74 heavy (non-hydrogen) atoms. The van der Waals surface area contributed by atoms with Crippen molar-refractivity contribution in [3.63, 3.8) is 0 Å². The summed E-state index contributed by atoms with van der Waals surface area (Å²) >= 11 is 12.1. The Hall–Kier alpha value is -7.40. The van der Waals surface area contributed by atoms with Gasteiger partial charge in [0.1, 0.15) is 0 Å². The lowest BCUT2D eigenvalue weighted by atomic mass is 9.91. The molecular formula is C50H42Cl2F6N10O4S2. The standard InChI is InChI=1S/2C25H21ClF3N5O2S/c2*1-16(30)31-24(33-37(35,36)21-13-9-19(10-14-21)25(27,28)29)34-15-22(17-5-3-2-4-6-17)23(32-34)18-7-11-20(26)12-8-18/h2*2-14,22H,15H2,1H3,(H2,30,31,33). The summed E-state index contributed by atoms with van der Waals surface area (Å²) < 4.78 is 137. The lowest BCUT2D eigenvalue weighted by Crippen LogP contribution is -2.27. The van der Waals surface area contributed by atoms with Crippen molar-refractivity contribution in [3.05, 3.63) is 201 Å².